The SMILES string of the molecule is CCCN(CCNC1CCC(N)CC1)C(=O)OC(C)(C)C. The number of carbonyl (C=O) groups is 1. The third-order valence-corrected chi connectivity index (χ3v) is 3.73. The van der Waals surface area contributed by atoms with Crippen molar-refractivity contribution >= 4 is 6.09 Å². The van der Waals surface area contributed by atoms with Gasteiger partial charge in [-0.2, -0.15) is 0 Å². The fourth-order valence-corrected chi connectivity index (χ4v) is 2.62. The molecule has 0 spiro atoms. The highest BCUT2D eigenvalue weighted by Crippen LogP contribution is 2.16. The van der Waals surface area contributed by atoms with Gasteiger partial charge in [0.2, 0.25) is 0 Å². The first kappa shape index (κ1) is 18.2. The van der Waals surface area contributed by atoms with Gasteiger partial charge in [-0.25, -0.2) is 4.79 Å². The molecule has 0 aromatic carbocycles. The molecule has 124 valence electrons. The number of hydrogen-bond acceptors (Lipinski definition) is 4. The summed E-state index contributed by atoms with van der Waals surface area (Å²) < 4.78 is 5.45. The maximum Gasteiger partial charge on any atom is 0.410 e. The van der Waals surface area contributed by atoms with E-state index in [0.717, 1.165) is 45.2 Å². The molecule has 0 bridgehead atoms. The largest absolute Gasteiger partial charge is 0.444 e. The maximum atomic E-state index is 12.1. The molecule has 0 aromatic heterocycles. The van der Waals surface area contributed by atoms with Crippen molar-refractivity contribution in [3.8, 4) is 0 Å². The van der Waals surface area contributed by atoms with Crippen LogP contribution in [0.15, 0.2) is 0 Å². The molecule has 1 rings (SSSR count). The van der Waals surface area contributed by atoms with Crippen molar-refractivity contribution in [1.29, 1.82) is 0 Å². The smallest absolute Gasteiger partial charge is 0.410 e. The zero-order valence-corrected chi connectivity index (χ0v) is 14.2. The summed E-state index contributed by atoms with van der Waals surface area (Å²) in [5.74, 6) is 0. The van der Waals surface area contributed by atoms with Gasteiger partial charge in [0.1, 0.15) is 5.60 Å². The topological polar surface area (TPSA) is 67.6 Å². The number of nitrogens with two attached hydrogens (primary N) is 1. The number of nitrogens with one attached hydrogen (secondary N) is 1. The number of rotatable bonds is 6. The number of carbonyl (C=O) groups excluding carboxylic acids is 1. The molecule has 1 saturated carbocycles. The highest BCUT2D eigenvalue weighted by atomic mass is 16.6. The summed E-state index contributed by atoms with van der Waals surface area (Å²) in [6, 6.07) is 0.924. The van der Waals surface area contributed by atoms with E-state index >= 15 is 0 Å². The average Bonchev–Trinajstić information content (AvgIpc) is 2.38. The van der Waals surface area contributed by atoms with Crippen LogP contribution in [0.4, 0.5) is 4.79 Å². The first-order valence-electron chi connectivity index (χ1n) is 8.28. The molecule has 5 nitrogen and oxygen atoms in total. The molecule has 1 aliphatic rings. The highest BCUT2D eigenvalue weighted by Gasteiger charge is 2.22. The van der Waals surface area contributed by atoms with Crippen LogP contribution in [0.2, 0.25) is 0 Å². The second-order valence-corrected chi connectivity index (χ2v) is 7.03. The molecule has 5 heteroatoms. The Labute approximate surface area is 129 Å². The van der Waals surface area contributed by atoms with Crippen molar-refractivity contribution in [2.45, 2.75) is 77.5 Å². The molecule has 0 atom stereocenters. The Balaban J connectivity index is 2.32. The van der Waals surface area contributed by atoms with E-state index in [2.05, 4.69) is 12.2 Å². The molecule has 0 aliphatic heterocycles. The predicted molar refractivity (Wildman–Crippen MR) is 86.3 cm³/mol. The Morgan fingerprint density at radius 3 is 2.38 bits per heavy atom. The molecular weight excluding hydrogens is 266 g/mol. The minimum Gasteiger partial charge on any atom is -0.444 e. The number of hydrogen-bond donors (Lipinski definition) is 2. The monoisotopic (exact) mass is 299 g/mol. The van der Waals surface area contributed by atoms with E-state index in [4.69, 9.17) is 10.5 Å². The average molecular weight is 299 g/mol. The summed E-state index contributed by atoms with van der Waals surface area (Å²) in [5.41, 5.74) is 5.48. The van der Waals surface area contributed by atoms with E-state index in [1.165, 1.54) is 0 Å². The molecule has 1 aliphatic carbocycles. The van der Waals surface area contributed by atoms with Gasteiger partial charge in [-0.1, -0.05) is 6.92 Å². The minimum atomic E-state index is -0.435. The van der Waals surface area contributed by atoms with E-state index in [0.29, 0.717) is 18.6 Å². The lowest BCUT2D eigenvalue weighted by Crippen LogP contribution is -2.44. The molecule has 0 radical (unpaired) electrons. The lowest BCUT2D eigenvalue weighted by molar-refractivity contribution is 0.0250. The van der Waals surface area contributed by atoms with Crippen LogP contribution in [0.25, 0.3) is 0 Å². The fourth-order valence-electron chi connectivity index (χ4n) is 2.62. The Bertz CT molecular complexity index is 307. The van der Waals surface area contributed by atoms with Crippen LogP contribution in [0.5, 0.6) is 0 Å². The van der Waals surface area contributed by atoms with Crippen molar-refractivity contribution in [2.75, 3.05) is 19.6 Å². The van der Waals surface area contributed by atoms with Crippen LogP contribution in [-0.4, -0.2) is 48.3 Å². The quantitative estimate of drug-likeness (QED) is 0.791. The van der Waals surface area contributed by atoms with Crippen LogP contribution in [0.1, 0.15) is 59.8 Å². The normalized spacial score (nSPS) is 22.9. The third-order valence-electron chi connectivity index (χ3n) is 3.73. The number of ether oxygens (including phenoxy) is 1. The molecule has 1 fully saturated rings. The molecular formula is C16H33N3O2. The highest BCUT2D eigenvalue weighted by molar-refractivity contribution is 5.68. The first-order valence-corrected chi connectivity index (χ1v) is 8.28. The summed E-state index contributed by atoms with van der Waals surface area (Å²) in [4.78, 5) is 13.9. The summed E-state index contributed by atoms with van der Waals surface area (Å²) in [6.45, 7) is 10.0. The fraction of sp³-hybridized carbons (Fsp3) is 0.938. The minimum absolute atomic E-state index is 0.211. The first-order chi connectivity index (χ1) is 9.81. The van der Waals surface area contributed by atoms with E-state index < -0.39 is 5.60 Å². The molecule has 3 N–H and O–H groups in total. The van der Waals surface area contributed by atoms with Crippen LogP contribution >= 0.6 is 0 Å². The molecule has 1 amide bonds. The Kier molecular flexibility index (Phi) is 7.46. The maximum absolute atomic E-state index is 12.1. The van der Waals surface area contributed by atoms with E-state index in [-0.39, 0.29) is 6.09 Å². The van der Waals surface area contributed by atoms with E-state index in [9.17, 15) is 4.79 Å². The van der Waals surface area contributed by atoms with Crippen LogP contribution in [0.3, 0.4) is 0 Å². The van der Waals surface area contributed by atoms with Gasteiger partial charge in [0, 0.05) is 31.7 Å². The van der Waals surface area contributed by atoms with Crippen LogP contribution in [-0.2, 0) is 4.74 Å². The van der Waals surface area contributed by atoms with Gasteiger partial charge in [0.25, 0.3) is 0 Å². The van der Waals surface area contributed by atoms with E-state index in [1.54, 1.807) is 4.90 Å². The number of amides is 1. The summed E-state index contributed by atoms with van der Waals surface area (Å²) >= 11 is 0. The molecule has 0 heterocycles. The zero-order valence-electron chi connectivity index (χ0n) is 14.2. The number of nitrogens with zero attached hydrogens (tertiary/aromatic N) is 1. The van der Waals surface area contributed by atoms with Crippen molar-refractivity contribution in [3.05, 3.63) is 0 Å². The predicted octanol–water partition coefficient (Wildman–Crippen LogP) is 2.49. The van der Waals surface area contributed by atoms with E-state index in [1.807, 2.05) is 20.8 Å². The summed E-state index contributed by atoms with van der Waals surface area (Å²) in [5, 5.41) is 3.54. The second-order valence-electron chi connectivity index (χ2n) is 7.03. The van der Waals surface area contributed by atoms with Gasteiger partial charge in [0.05, 0.1) is 0 Å². The Hall–Kier alpha value is -0.810. The summed E-state index contributed by atoms with van der Waals surface area (Å²) in [6.07, 6.45) is 5.21. The standard InChI is InChI=1S/C16H33N3O2/c1-5-11-19(15(20)21-16(2,3)4)12-10-18-14-8-6-13(17)7-9-14/h13-14,18H,5-12,17H2,1-4H3. The van der Waals surface area contributed by atoms with Gasteiger partial charge in [-0.05, 0) is 52.9 Å². The van der Waals surface area contributed by atoms with Crippen molar-refractivity contribution in [1.82, 2.24) is 10.2 Å². The Morgan fingerprint density at radius 2 is 1.86 bits per heavy atom. The molecule has 21 heavy (non-hydrogen) atoms. The van der Waals surface area contributed by atoms with Gasteiger partial charge < -0.3 is 20.7 Å². The van der Waals surface area contributed by atoms with Crippen molar-refractivity contribution < 1.29 is 9.53 Å². The van der Waals surface area contributed by atoms with Crippen LogP contribution in [0, 0.1) is 0 Å². The zero-order chi connectivity index (χ0) is 15.9. The van der Waals surface area contributed by atoms with Crippen LogP contribution < -0.4 is 11.1 Å². The van der Waals surface area contributed by atoms with Gasteiger partial charge >= 0.3 is 6.09 Å². The van der Waals surface area contributed by atoms with Crippen molar-refractivity contribution in [2.24, 2.45) is 5.73 Å². The lowest BCUT2D eigenvalue weighted by Gasteiger charge is -2.30. The molecule has 0 unspecified atom stereocenters. The Morgan fingerprint density at radius 1 is 1.24 bits per heavy atom. The molecule has 0 aromatic rings. The van der Waals surface area contributed by atoms with Gasteiger partial charge in [-0.15, -0.1) is 0 Å². The van der Waals surface area contributed by atoms with Gasteiger partial charge in [0.15, 0.2) is 0 Å². The molecule has 0 saturated heterocycles. The lowest BCUT2D eigenvalue weighted by atomic mass is 9.92. The van der Waals surface area contributed by atoms with Crippen molar-refractivity contribution in [3.63, 3.8) is 0 Å². The third kappa shape index (κ3) is 7.67. The summed E-state index contributed by atoms with van der Waals surface area (Å²) in [7, 11) is 0. The second kappa shape index (κ2) is 8.59. The van der Waals surface area contributed by atoms with Gasteiger partial charge in [-0.3, -0.25) is 0 Å².